The molecule has 5 nitrogen and oxygen atoms in total. The van der Waals surface area contributed by atoms with Gasteiger partial charge in [0.15, 0.2) is 0 Å². The number of phenols is 1. The summed E-state index contributed by atoms with van der Waals surface area (Å²) in [4.78, 5) is 12.7. The number of aromatic hydroxyl groups is 1. The normalized spacial score (nSPS) is 13.9. The summed E-state index contributed by atoms with van der Waals surface area (Å²) >= 11 is 6.17. The number of carbonyl (C=O) groups excluding carboxylic acids is 1. The van der Waals surface area contributed by atoms with Gasteiger partial charge < -0.3 is 10.4 Å². The Hall–Kier alpha value is -2.79. The van der Waals surface area contributed by atoms with Crippen LogP contribution in [0.5, 0.6) is 5.75 Å². The van der Waals surface area contributed by atoms with E-state index in [1.807, 2.05) is 30.3 Å². The molecule has 1 aromatic heterocycles. The molecule has 1 amide bonds. The third-order valence-electron chi connectivity index (χ3n) is 5.26. The molecule has 3 aromatic rings. The second-order valence-corrected chi connectivity index (χ2v) is 7.60. The molecule has 0 bridgehead atoms. The highest BCUT2D eigenvalue weighted by molar-refractivity contribution is 6.30. The summed E-state index contributed by atoms with van der Waals surface area (Å²) in [6.07, 6.45) is 3.45. The Bertz CT molecular complexity index is 953. The standard InChI is InChI=1S/C22H22ClN3O2/c23-16-6-1-4-14(10-16)19(15-5-2-7-17(27)11-15)12-22(28)24-13-21-18-8-3-9-20(18)25-26-21/h1-2,4-7,10-11,19,27H,3,8-9,12-13H2,(H,24,28)(H,25,26). The summed E-state index contributed by atoms with van der Waals surface area (Å²) in [6.45, 7) is 0.424. The zero-order valence-electron chi connectivity index (χ0n) is 15.4. The summed E-state index contributed by atoms with van der Waals surface area (Å²) in [7, 11) is 0. The molecule has 144 valence electrons. The maximum atomic E-state index is 12.7. The molecule has 1 atom stereocenters. The Morgan fingerprint density at radius 2 is 1.96 bits per heavy atom. The fraction of sp³-hybridized carbons (Fsp3) is 0.273. The number of phenolic OH excluding ortho intramolecular Hbond substituents is 1. The van der Waals surface area contributed by atoms with Crippen molar-refractivity contribution in [3.05, 3.63) is 81.6 Å². The molecule has 0 spiro atoms. The minimum Gasteiger partial charge on any atom is -0.508 e. The van der Waals surface area contributed by atoms with E-state index in [1.54, 1.807) is 18.2 Å². The summed E-state index contributed by atoms with van der Waals surface area (Å²) in [5, 5.41) is 20.9. The first kappa shape index (κ1) is 18.6. The van der Waals surface area contributed by atoms with Crippen molar-refractivity contribution in [3.63, 3.8) is 0 Å². The Morgan fingerprint density at radius 3 is 2.75 bits per heavy atom. The number of halogens is 1. The predicted octanol–water partition coefficient (Wildman–Crippen LogP) is 4.10. The molecule has 0 saturated heterocycles. The maximum Gasteiger partial charge on any atom is 0.221 e. The number of fused-ring (bicyclic) bond motifs is 1. The second kappa shape index (κ2) is 8.07. The molecule has 0 saturated carbocycles. The number of H-pyrrole nitrogens is 1. The molecule has 0 fully saturated rings. The number of carbonyl (C=O) groups is 1. The zero-order chi connectivity index (χ0) is 19.5. The van der Waals surface area contributed by atoms with E-state index in [2.05, 4.69) is 15.5 Å². The van der Waals surface area contributed by atoms with Crippen LogP contribution < -0.4 is 5.32 Å². The van der Waals surface area contributed by atoms with Crippen LogP contribution in [0.25, 0.3) is 0 Å². The summed E-state index contributed by atoms with van der Waals surface area (Å²) in [5.74, 6) is -0.0872. The number of amides is 1. The number of hydrogen-bond donors (Lipinski definition) is 3. The number of rotatable bonds is 6. The lowest BCUT2D eigenvalue weighted by molar-refractivity contribution is -0.121. The minimum absolute atomic E-state index is 0.0666. The number of benzene rings is 2. The maximum absolute atomic E-state index is 12.7. The zero-order valence-corrected chi connectivity index (χ0v) is 16.2. The van der Waals surface area contributed by atoms with E-state index in [0.29, 0.717) is 11.6 Å². The van der Waals surface area contributed by atoms with E-state index < -0.39 is 0 Å². The molecule has 3 N–H and O–H groups in total. The van der Waals surface area contributed by atoms with Gasteiger partial charge in [-0.25, -0.2) is 0 Å². The minimum atomic E-state index is -0.198. The van der Waals surface area contributed by atoms with Gasteiger partial charge >= 0.3 is 0 Å². The van der Waals surface area contributed by atoms with Gasteiger partial charge in [0.2, 0.25) is 5.91 Å². The van der Waals surface area contributed by atoms with E-state index in [9.17, 15) is 9.90 Å². The summed E-state index contributed by atoms with van der Waals surface area (Å²) < 4.78 is 0. The van der Waals surface area contributed by atoms with Gasteiger partial charge in [-0.3, -0.25) is 9.89 Å². The molecule has 1 aliphatic carbocycles. The number of aryl methyl sites for hydroxylation is 1. The van der Waals surface area contributed by atoms with Gasteiger partial charge in [0.1, 0.15) is 5.75 Å². The van der Waals surface area contributed by atoms with Crippen molar-refractivity contribution in [2.75, 3.05) is 0 Å². The third-order valence-corrected chi connectivity index (χ3v) is 5.49. The third kappa shape index (κ3) is 4.04. The monoisotopic (exact) mass is 395 g/mol. The van der Waals surface area contributed by atoms with Gasteiger partial charge in [-0.05, 0) is 60.2 Å². The van der Waals surface area contributed by atoms with Crippen LogP contribution >= 0.6 is 11.6 Å². The van der Waals surface area contributed by atoms with Crippen molar-refractivity contribution < 1.29 is 9.90 Å². The molecular formula is C22H22ClN3O2. The van der Waals surface area contributed by atoms with Gasteiger partial charge in [-0.1, -0.05) is 35.9 Å². The molecule has 0 radical (unpaired) electrons. The first-order valence-corrected chi connectivity index (χ1v) is 9.84. The number of aromatic nitrogens is 2. The van der Waals surface area contributed by atoms with Crippen LogP contribution in [0, 0.1) is 0 Å². The van der Waals surface area contributed by atoms with Crippen LogP contribution in [0.4, 0.5) is 0 Å². The fourth-order valence-corrected chi connectivity index (χ4v) is 4.07. The van der Waals surface area contributed by atoms with E-state index in [4.69, 9.17) is 11.6 Å². The van der Waals surface area contributed by atoms with Gasteiger partial charge in [0.05, 0.1) is 12.2 Å². The molecule has 1 heterocycles. The first-order chi connectivity index (χ1) is 13.6. The quantitative estimate of drug-likeness (QED) is 0.588. The average Bonchev–Trinajstić information content (AvgIpc) is 3.28. The average molecular weight is 396 g/mol. The lowest BCUT2D eigenvalue weighted by Crippen LogP contribution is -2.25. The van der Waals surface area contributed by atoms with Crippen LogP contribution in [0.2, 0.25) is 5.02 Å². The molecule has 0 aliphatic heterocycles. The number of hydrogen-bond acceptors (Lipinski definition) is 3. The van der Waals surface area contributed by atoms with Crippen molar-refractivity contribution in [1.82, 2.24) is 15.5 Å². The summed E-state index contributed by atoms with van der Waals surface area (Å²) in [6, 6.07) is 14.5. The van der Waals surface area contributed by atoms with Crippen molar-refractivity contribution in [2.24, 2.45) is 0 Å². The fourth-order valence-electron chi connectivity index (χ4n) is 3.87. The van der Waals surface area contributed by atoms with Crippen molar-refractivity contribution in [3.8, 4) is 5.75 Å². The van der Waals surface area contributed by atoms with Crippen LogP contribution in [0.3, 0.4) is 0 Å². The molecule has 1 aliphatic rings. The van der Waals surface area contributed by atoms with Crippen LogP contribution in [-0.2, 0) is 24.2 Å². The van der Waals surface area contributed by atoms with E-state index in [1.165, 1.54) is 11.3 Å². The topological polar surface area (TPSA) is 78.0 Å². The Morgan fingerprint density at radius 1 is 1.18 bits per heavy atom. The molecule has 6 heteroatoms. The van der Waals surface area contributed by atoms with Gasteiger partial charge in [0.25, 0.3) is 0 Å². The first-order valence-electron chi connectivity index (χ1n) is 9.46. The summed E-state index contributed by atoms with van der Waals surface area (Å²) in [5.41, 5.74) is 5.19. The Balaban J connectivity index is 1.51. The van der Waals surface area contributed by atoms with Crippen molar-refractivity contribution >= 4 is 17.5 Å². The lowest BCUT2D eigenvalue weighted by atomic mass is 9.88. The van der Waals surface area contributed by atoms with E-state index in [0.717, 1.165) is 36.1 Å². The van der Waals surface area contributed by atoms with E-state index >= 15 is 0 Å². The van der Waals surface area contributed by atoms with Crippen molar-refractivity contribution in [2.45, 2.75) is 38.1 Å². The van der Waals surface area contributed by atoms with Crippen LogP contribution in [0.1, 0.15) is 46.8 Å². The van der Waals surface area contributed by atoms with Gasteiger partial charge in [-0.2, -0.15) is 5.10 Å². The predicted molar refractivity (Wildman–Crippen MR) is 108 cm³/mol. The Kier molecular flexibility index (Phi) is 5.35. The Labute approximate surface area is 168 Å². The highest BCUT2D eigenvalue weighted by Crippen LogP contribution is 2.31. The van der Waals surface area contributed by atoms with Crippen LogP contribution in [0.15, 0.2) is 48.5 Å². The number of nitrogens with one attached hydrogen (secondary N) is 2. The second-order valence-electron chi connectivity index (χ2n) is 7.16. The van der Waals surface area contributed by atoms with Gasteiger partial charge in [0, 0.05) is 23.1 Å². The van der Waals surface area contributed by atoms with Crippen molar-refractivity contribution in [1.29, 1.82) is 0 Å². The highest BCUT2D eigenvalue weighted by Gasteiger charge is 2.21. The molecule has 2 aromatic carbocycles. The molecule has 1 unspecified atom stereocenters. The molecule has 4 rings (SSSR count). The number of aromatic amines is 1. The smallest absolute Gasteiger partial charge is 0.221 e. The SMILES string of the molecule is O=C(CC(c1cccc(O)c1)c1cccc(Cl)c1)NCc1n[nH]c2c1CCC2. The lowest BCUT2D eigenvalue weighted by Gasteiger charge is -2.18. The highest BCUT2D eigenvalue weighted by atomic mass is 35.5. The van der Waals surface area contributed by atoms with E-state index in [-0.39, 0.29) is 24.0 Å². The number of nitrogens with zero attached hydrogens (tertiary/aromatic N) is 1. The van der Waals surface area contributed by atoms with Crippen LogP contribution in [-0.4, -0.2) is 21.2 Å². The molecule has 28 heavy (non-hydrogen) atoms. The molecular weight excluding hydrogens is 374 g/mol. The largest absolute Gasteiger partial charge is 0.508 e. The van der Waals surface area contributed by atoms with Gasteiger partial charge in [-0.15, -0.1) is 0 Å².